The number of hydrogen-bond donors (Lipinski definition) is 0. The second-order valence-electron chi connectivity index (χ2n) is 1.69. The van der Waals surface area contributed by atoms with E-state index in [2.05, 4.69) is 23.3 Å². The highest BCUT2D eigenvalue weighted by molar-refractivity contribution is 5.93. The first-order valence-corrected chi connectivity index (χ1v) is 3.29. The van der Waals surface area contributed by atoms with Crippen molar-refractivity contribution in [1.29, 1.82) is 0 Å². The maximum Gasteiger partial charge on any atom is 0.147 e. The molecule has 0 aromatic heterocycles. The van der Waals surface area contributed by atoms with E-state index in [0.29, 0.717) is 5.84 Å². The van der Waals surface area contributed by atoms with Gasteiger partial charge in [-0.05, 0) is 13.0 Å². The van der Waals surface area contributed by atoms with Crippen molar-refractivity contribution in [3.05, 3.63) is 25.4 Å². The molecule has 0 amide bonds. The molecule has 3 nitrogen and oxygen atoms in total. The third-order valence-corrected chi connectivity index (χ3v) is 1.06. The molecule has 3 heteroatoms. The number of hydrogen-bond acceptors (Lipinski definition) is 2. The standard InChI is InChI=1S/C8H13N3/c1-5-8(9-4)11(7-3)10-6-2/h5-7H,1,3H2,2,4H3/b9-8-,10-6-. The van der Waals surface area contributed by atoms with Gasteiger partial charge in [0.2, 0.25) is 0 Å². The van der Waals surface area contributed by atoms with Gasteiger partial charge in [0.15, 0.2) is 0 Å². The molecule has 0 saturated heterocycles. The van der Waals surface area contributed by atoms with Gasteiger partial charge in [-0.2, -0.15) is 5.10 Å². The Morgan fingerprint density at radius 3 is 2.36 bits per heavy atom. The summed E-state index contributed by atoms with van der Waals surface area (Å²) in [7, 11) is 1.68. The van der Waals surface area contributed by atoms with E-state index in [0.717, 1.165) is 0 Å². The third kappa shape index (κ3) is 2.80. The summed E-state index contributed by atoms with van der Waals surface area (Å²) in [6.07, 6.45) is 4.86. The number of nitrogens with zero attached hydrogens (tertiary/aromatic N) is 3. The maximum absolute atomic E-state index is 3.97. The molecule has 0 radical (unpaired) electrons. The van der Waals surface area contributed by atoms with Crippen LogP contribution in [0.15, 0.2) is 35.5 Å². The van der Waals surface area contributed by atoms with Crippen LogP contribution in [0.3, 0.4) is 0 Å². The highest BCUT2D eigenvalue weighted by atomic mass is 15.5. The van der Waals surface area contributed by atoms with Crippen LogP contribution in [0, 0.1) is 0 Å². The molecule has 11 heavy (non-hydrogen) atoms. The smallest absolute Gasteiger partial charge is 0.147 e. The Balaban J connectivity index is 4.46. The lowest BCUT2D eigenvalue weighted by Gasteiger charge is -2.11. The fourth-order valence-corrected chi connectivity index (χ4v) is 0.611. The zero-order valence-electron chi connectivity index (χ0n) is 6.99. The first kappa shape index (κ1) is 9.62. The van der Waals surface area contributed by atoms with Crippen LogP contribution in [-0.2, 0) is 0 Å². The molecule has 0 rings (SSSR count). The van der Waals surface area contributed by atoms with Crippen LogP contribution in [0.2, 0.25) is 0 Å². The minimum Gasteiger partial charge on any atom is -0.270 e. The Kier molecular flexibility index (Phi) is 4.73. The number of aliphatic imine (C=N–C) groups is 1. The van der Waals surface area contributed by atoms with Gasteiger partial charge in [0.1, 0.15) is 5.84 Å². The van der Waals surface area contributed by atoms with Crippen molar-refractivity contribution >= 4 is 12.1 Å². The minimum atomic E-state index is 0.679. The molecule has 0 aromatic rings. The second-order valence-corrected chi connectivity index (χ2v) is 1.69. The average Bonchev–Trinajstić information content (AvgIpc) is 2.05. The van der Waals surface area contributed by atoms with Crippen LogP contribution in [0.4, 0.5) is 0 Å². The molecule has 0 heterocycles. The Hall–Kier alpha value is -1.38. The van der Waals surface area contributed by atoms with Crippen LogP contribution >= 0.6 is 0 Å². The molecule has 0 aliphatic rings. The van der Waals surface area contributed by atoms with Crippen molar-refractivity contribution in [2.45, 2.75) is 6.92 Å². The lowest BCUT2D eigenvalue weighted by atomic mass is 10.5. The maximum atomic E-state index is 3.97. The molecule has 0 fully saturated rings. The molecule has 0 unspecified atom stereocenters. The zero-order valence-corrected chi connectivity index (χ0v) is 6.99. The summed E-state index contributed by atoms with van der Waals surface area (Å²) >= 11 is 0. The topological polar surface area (TPSA) is 28.0 Å². The van der Waals surface area contributed by atoms with Gasteiger partial charge >= 0.3 is 0 Å². The van der Waals surface area contributed by atoms with Gasteiger partial charge in [-0.1, -0.05) is 13.2 Å². The van der Waals surface area contributed by atoms with Crippen LogP contribution in [0.1, 0.15) is 6.92 Å². The minimum absolute atomic E-state index is 0.679. The van der Waals surface area contributed by atoms with E-state index in [-0.39, 0.29) is 0 Å². The fourth-order valence-electron chi connectivity index (χ4n) is 0.611. The first-order valence-electron chi connectivity index (χ1n) is 3.29. The van der Waals surface area contributed by atoms with Crippen molar-refractivity contribution in [3.63, 3.8) is 0 Å². The van der Waals surface area contributed by atoms with E-state index in [1.54, 1.807) is 30.5 Å². The zero-order chi connectivity index (χ0) is 8.69. The van der Waals surface area contributed by atoms with Crippen LogP contribution in [-0.4, -0.2) is 24.1 Å². The van der Waals surface area contributed by atoms with Gasteiger partial charge in [-0.25, -0.2) is 5.01 Å². The predicted molar refractivity (Wildman–Crippen MR) is 49.8 cm³/mol. The predicted octanol–water partition coefficient (Wildman–Crippen LogP) is 1.65. The quantitative estimate of drug-likeness (QED) is 0.342. The van der Waals surface area contributed by atoms with Crippen LogP contribution in [0.5, 0.6) is 0 Å². The molecule has 0 bridgehead atoms. The van der Waals surface area contributed by atoms with Crippen molar-refractivity contribution in [3.8, 4) is 0 Å². The van der Waals surface area contributed by atoms with E-state index in [1.165, 1.54) is 0 Å². The highest BCUT2D eigenvalue weighted by Gasteiger charge is 1.97. The van der Waals surface area contributed by atoms with Gasteiger partial charge < -0.3 is 0 Å². The van der Waals surface area contributed by atoms with Crippen molar-refractivity contribution in [1.82, 2.24) is 5.01 Å². The van der Waals surface area contributed by atoms with E-state index in [4.69, 9.17) is 0 Å². The highest BCUT2D eigenvalue weighted by Crippen LogP contribution is 1.93. The Morgan fingerprint density at radius 1 is 1.45 bits per heavy atom. The second kappa shape index (κ2) is 5.41. The van der Waals surface area contributed by atoms with Gasteiger partial charge in [-0.3, -0.25) is 4.99 Å². The first-order chi connectivity index (χ1) is 5.29. The molecular formula is C8H13N3. The summed E-state index contributed by atoms with van der Waals surface area (Å²) in [4.78, 5) is 3.94. The molecular weight excluding hydrogens is 138 g/mol. The Bertz CT molecular complexity index is 192. The molecule has 0 aliphatic heterocycles. The number of hydrazone groups is 1. The molecule has 0 aliphatic carbocycles. The summed E-state index contributed by atoms with van der Waals surface area (Å²) in [6.45, 7) is 9.00. The lowest BCUT2D eigenvalue weighted by molar-refractivity contribution is 0.609. The lowest BCUT2D eigenvalue weighted by Crippen LogP contribution is -2.17. The van der Waals surface area contributed by atoms with E-state index in [1.807, 2.05) is 6.92 Å². The summed E-state index contributed by atoms with van der Waals surface area (Å²) in [5.41, 5.74) is 0. The Morgan fingerprint density at radius 2 is 2.09 bits per heavy atom. The van der Waals surface area contributed by atoms with Crippen LogP contribution in [0.25, 0.3) is 0 Å². The van der Waals surface area contributed by atoms with Gasteiger partial charge in [0.05, 0.1) is 0 Å². The van der Waals surface area contributed by atoms with E-state index in [9.17, 15) is 0 Å². The molecule has 0 saturated carbocycles. The summed E-state index contributed by atoms with van der Waals surface area (Å²) in [6, 6.07) is 0. The molecule has 0 aromatic carbocycles. The molecule has 0 N–H and O–H groups in total. The summed E-state index contributed by atoms with van der Waals surface area (Å²) in [5.74, 6) is 0.679. The Labute approximate surface area is 67.4 Å². The van der Waals surface area contributed by atoms with E-state index >= 15 is 0 Å². The molecule has 60 valence electrons. The summed E-state index contributed by atoms with van der Waals surface area (Å²) in [5, 5.41) is 5.52. The number of amidine groups is 1. The fraction of sp³-hybridized carbons (Fsp3) is 0.250. The monoisotopic (exact) mass is 151 g/mol. The van der Waals surface area contributed by atoms with Gasteiger partial charge in [-0.15, -0.1) is 0 Å². The molecule has 0 spiro atoms. The number of rotatable bonds is 3. The van der Waals surface area contributed by atoms with Crippen molar-refractivity contribution < 1.29 is 0 Å². The van der Waals surface area contributed by atoms with Gasteiger partial charge in [0.25, 0.3) is 0 Å². The third-order valence-electron chi connectivity index (χ3n) is 1.06. The average molecular weight is 151 g/mol. The van der Waals surface area contributed by atoms with Crippen molar-refractivity contribution in [2.24, 2.45) is 10.1 Å². The van der Waals surface area contributed by atoms with Crippen molar-refractivity contribution in [2.75, 3.05) is 7.05 Å². The van der Waals surface area contributed by atoms with E-state index < -0.39 is 0 Å². The SMILES string of the molecule is C=C/C(=N/C)N(C=C)/N=C\C. The summed E-state index contributed by atoms with van der Waals surface area (Å²) < 4.78 is 0. The normalized spacial score (nSPS) is 11.6. The van der Waals surface area contributed by atoms with Crippen LogP contribution < -0.4 is 0 Å². The largest absolute Gasteiger partial charge is 0.270 e. The van der Waals surface area contributed by atoms with Gasteiger partial charge in [0, 0.05) is 19.5 Å². The molecule has 0 atom stereocenters.